The lowest BCUT2D eigenvalue weighted by atomic mass is 9.90. The summed E-state index contributed by atoms with van der Waals surface area (Å²) in [7, 11) is 0. The topological polar surface area (TPSA) is 87.0 Å². The Morgan fingerprint density at radius 3 is 2.64 bits per heavy atom. The molecule has 2 N–H and O–H groups in total. The number of hydrogen-bond donors (Lipinski definition) is 2. The first-order chi connectivity index (χ1) is 16.1. The van der Waals surface area contributed by atoms with Gasteiger partial charge in [0.2, 0.25) is 5.95 Å². The highest BCUT2D eigenvalue weighted by molar-refractivity contribution is 5.31. The van der Waals surface area contributed by atoms with Crippen LogP contribution in [0.4, 0.5) is 5.95 Å². The molecule has 33 heavy (non-hydrogen) atoms. The summed E-state index contributed by atoms with van der Waals surface area (Å²) >= 11 is 0. The van der Waals surface area contributed by atoms with Crippen LogP contribution in [0.5, 0.6) is 0 Å². The maximum Gasteiger partial charge on any atom is 0.252 e. The van der Waals surface area contributed by atoms with Gasteiger partial charge in [0.25, 0.3) is 5.56 Å². The predicted octanol–water partition coefficient (Wildman–Crippen LogP) is 4.06. The number of benzene rings is 1. The number of aryl methyl sites for hydroxylation is 1. The molecule has 0 aliphatic carbocycles. The number of aromatic amines is 1. The Bertz CT molecular complexity index is 1250. The molecule has 0 saturated carbocycles. The molecule has 5 rings (SSSR count). The molecule has 1 saturated heterocycles. The van der Waals surface area contributed by atoms with Crippen LogP contribution < -0.4 is 10.9 Å². The number of furan rings is 1. The van der Waals surface area contributed by atoms with Gasteiger partial charge in [0.1, 0.15) is 11.5 Å². The number of nitrogens with one attached hydrogen (secondary N) is 2. The van der Waals surface area contributed by atoms with Crippen molar-refractivity contribution in [2.24, 2.45) is 0 Å². The van der Waals surface area contributed by atoms with Crippen LogP contribution in [0.1, 0.15) is 40.2 Å². The van der Waals surface area contributed by atoms with E-state index in [-0.39, 0.29) is 17.4 Å². The smallest absolute Gasteiger partial charge is 0.252 e. The molecule has 7 heteroatoms. The Morgan fingerprint density at radius 2 is 1.88 bits per heavy atom. The maximum atomic E-state index is 12.5. The third-order valence-corrected chi connectivity index (χ3v) is 6.10. The summed E-state index contributed by atoms with van der Waals surface area (Å²) in [5.74, 6) is 2.49. The summed E-state index contributed by atoms with van der Waals surface area (Å²) < 4.78 is 6.02. The molecule has 0 amide bonds. The molecule has 2 atom stereocenters. The first kappa shape index (κ1) is 21.2. The highest BCUT2D eigenvalue weighted by Crippen LogP contribution is 2.40. The Kier molecular flexibility index (Phi) is 6.04. The Hall–Kier alpha value is -3.71. The van der Waals surface area contributed by atoms with Crippen LogP contribution in [0.2, 0.25) is 0 Å². The van der Waals surface area contributed by atoms with E-state index in [0.29, 0.717) is 12.5 Å². The van der Waals surface area contributed by atoms with Crippen molar-refractivity contribution in [1.82, 2.24) is 19.9 Å². The number of H-pyrrole nitrogens is 1. The average molecular weight is 442 g/mol. The van der Waals surface area contributed by atoms with Gasteiger partial charge in [0.05, 0.1) is 5.69 Å². The predicted molar refractivity (Wildman–Crippen MR) is 127 cm³/mol. The standard InChI is InChI=1S/C26H27N5O2/c1-18-9-10-24(33-18)22-17-31(15-19-6-3-2-4-7-19)16-21(22)23-12-25(32)30-26(29-23)28-14-20-8-5-11-27-13-20/h2-13,21-22H,14-17H2,1H3,(H2,28,29,30,32)/t21-,22+/m1/s1. The zero-order valence-electron chi connectivity index (χ0n) is 18.6. The Labute approximate surface area is 192 Å². The number of pyridine rings is 1. The van der Waals surface area contributed by atoms with Crippen molar-refractivity contribution in [1.29, 1.82) is 0 Å². The van der Waals surface area contributed by atoms with Crippen LogP contribution in [-0.4, -0.2) is 32.9 Å². The minimum Gasteiger partial charge on any atom is -0.466 e. The Balaban J connectivity index is 1.41. The molecule has 1 fully saturated rings. The fourth-order valence-corrected chi connectivity index (χ4v) is 4.54. The zero-order chi connectivity index (χ0) is 22.6. The van der Waals surface area contributed by atoms with E-state index in [4.69, 9.17) is 9.40 Å². The van der Waals surface area contributed by atoms with Crippen LogP contribution in [0.3, 0.4) is 0 Å². The first-order valence-corrected chi connectivity index (χ1v) is 11.2. The van der Waals surface area contributed by atoms with E-state index in [1.165, 1.54) is 5.56 Å². The number of likely N-dealkylation sites (tertiary alicyclic amines) is 1. The summed E-state index contributed by atoms with van der Waals surface area (Å²) in [4.78, 5) is 26.7. The van der Waals surface area contributed by atoms with Crippen molar-refractivity contribution >= 4 is 5.95 Å². The quantitative estimate of drug-likeness (QED) is 0.450. The molecule has 7 nitrogen and oxygen atoms in total. The molecule has 0 spiro atoms. The molecule has 4 aromatic rings. The fraction of sp³-hybridized carbons (Fsp3) is 0.269. The molecule has 1 aromatic carbocycles. The van der Waals surface area contributed by atoms with Crippen molar-refractivity contribution in [3.63, 3.8) is 0 Å². The van der Waals surface area contributed by atoms with E-state index in [1.54, 1.807) is 18.5 Å². The van der Waals surface area contributed by atoms with E-state index in [9.17, 15) is 4.79 Å². The number of anilines is 1. The van der Waals surface area contributed by atoms with Gasteiger partial charge in [-0.15, -0.1) is 0 Å². The lowest BCUT2D eigenvalue weighted by Crippen LogP contribution is -2.21. The van der Waals surface area contributed by atoms with Crippen molar-refractivity contribution in [2.45, 2.75) is 31.8 Å². The van der Waals surface area contributed by atoms with E-state index >= 15 is 0 Å². The lowest BCUT2D eigenvalue weighted by molar-refractivity contribution is 0.319. The van der Waals surface area contributed by atoms with Gasteiger partial charge in [-0.3, -0.25) is 19.7 Å². The van der Waals surface area contributed by atoms with Gasteiger partial charge in [-0.2, -0.15) is 0 Å². The molecule has 168 valence electrons. The molecule has 1 aliphatic rings. The van der Waals surface area contributed by atoms with E-state index in [0.717, 1.165) is 42.4 Å². The number of nitrogens with zero attached hydrogens (tertiary/aromatic N) is 3. The fourth-order valence-electron chi connectivity index (χ4n) is 4.54. The first-order valence-electron chi connectivity index (χ1n) is 11.2. The second kappa shape index (κ2) is 9.42. The van der Waals surface area contributed by atoms with Crippen molar-refractivity contribution in [3.05, 3.63) is 112 Å². The van der Waals surface area contributed by atoms with Crippen molar-refractivity contribution < 1.29 is 4.42 Å². The number of aromatic nitrogens is 3. The third-order valence-electron chi connectivity index (χ3n) is 6.10. The molecule has 0 bridgehead atoms. The highest BCUT2D eigenvalue weighted by Gasteiger charge is 2.38. The van der Waals surface area contributed by atoms with E-state index in [2.05, 4.69) is 44.5 Å². The van der Waals surface area contributed by atoms with Gasteiger partial charge in [-0.05, 0) is 36.2 Å². The van der Waals surface area contributed by atoms with Gasteiger partial charge in [-0.1, -0.05) is 36.4 Å². The average Bonchev–Trinajstić information content (AvgIpc) is 3.45. The highest BCUT2D eigenvalue weighted by atomic mass is 16.3. The Morgan fingerprint density at radius 1 is 1.06 bits per heavy atom. The van der Waals surface area contributed by atoms with E-state index in [1.807, 2.05) is 37.3 Å². The lowest BCUT2D eigenvalue weighted by Gasteiger charge is -2.17. The maximum absolute atomic E-state index is 12.5. The summed E-state index contributed by atoms with van der Waals surface area (Å²) in [5.41, 5.74) is 2.90. The van der Waals surface area contributed by atoms with Gasteiger partial charge in [0, 0.05) is 56.5 Å². The van der Waals surface area contributed by atoms with Crippen molar-refractivity contribution in [3.8, 4) is 0 Å². The monoisotopic (exact) mass is 441 g/mol. The molecule has 1 aliphatic heterocycles. The van der Waals surface area contributed by atoms with Crippen LogP contribution in [-0.2, 0) is 13.1 Å². The molecule has 0 radical (unpaired) electrons. The summed E-state index contributed by atoms with van der Waals surface area (Å²) in [6.07, 6.45) is 3.53. The minimum absolute atomic E-state index is 0.0560. The van der Waals surface area contributed by atoms with Gasteiger partial charge >= 0.3 is 0 Å². The van der Waals surface area contributed by atoms with Gasteiger partial charge in [0.15, 0.2) is 0 Å². The molecule has 4 heterocycles. The van der Waals surface area contributed by atoms with Gasteiger partial charge in [-0.25, -0.2) is 4.98 Å². The van der Waals surface area contributed by atoms with Crippen LogP contribution >= 0.6 is 0 Å². The largest absolute Gasteiger partial charge is 0.466 e. The normalized spacial score (nSPS) is 18.5. The second-order valence-electron chi connectivity index (χ2n) is 8.57. The molecular weight excluding hydrogens is 414 g/mol. The summed E-state index contributed by atoms with van der Waals surface area (Å²) in [5, 5.41) is 3.23. The summed E-state index contributed by atoms with van der Waals surface area (Å²) in [6, 6.07) is 20.0. The van der Waals surface area contributed by atoms with Crippen LogP contribution in [0.15, 0.2) is 82.3 Å². The molecular formula is C26H27N5O2. The third kappa shape index (κ3) is 5.04. The SMILES string of the molecule is Cc1ccc([C@H]2CN(Cc3ccccc3)C[C@H]2c2cc(=O)[nH]c(NCc3cccnc3)n2)o1. The second-order valence-corrected chi connectivity index (χ2v) is 8.57. The number of hydrogen-bond acceptors (Lipinski definition) is 6. The minimum atomic E-state index is -0.162. The zero-order valence-corrected chi connectivity index (χ0v) is 18.6. The van der Waals surface area contributed by atoms with E-state index < -0.39 is 0 Å². The van der Waals surface area contributed by atoms with Crippen LogP contribution in [0.25, 0.3) is 0 Å². The molecule has 3 aromatic heterocycles. The van der Waals surface area contributed by atoms with Gasteiger partial charge < -0.3 is 9.73 Å². The number of rotatable bonds is 7. The summed E-state index contributed by atoms with van der Waals surface area (Å²) in [6.45, 7) is 4.99. The molecule has 0 unspecified atom stereocenters. The van der Waals surface area contributed by atoms with Crippen LogP contribution in [0, 0.1) is 6.92 Å². The van der Waals surface area contributed by atoms with Crippen molar-refractivity contribution in [2.75, 3.05) is 18.4 Å².